The third kappa shape index (κ3) is 14.5. The minimum absolute atomic E-state index is 0.0592. The van der Waals surface area contributed by atoms with Crippen molar-refractivity contribution in [2.75, 3.05) is 32.1 Å². The fourth-order valence-corrected chi connectivity index (χ4v) is 11.8. The lowest BCUT2D eigenvalue weighted by Gasteiger charge is -2.49. The highest BCUT2D eigenvalue weighted by atomic mass is 16.5. The van der Waals surface area contributed by atoms with E-state index < -0.39 is 12.2 Å². The molecule has 3 heterocycles. The molecule has 0 saturated carbocycles. The van der Waals surface area contributed by atoms with Crippen LogP contribution in [0.25, 0.3) is 11.0 Å². The molecule has 78 heavy (non-hydrogen) atoms. The van der Waals surface area contributed by atoms with Crippen LogP contribution < -0.4 is 15.7 Å². The zero-order chi connectivity index (χ0) is 54.1. The molecule has 1 aromatic heterocycles. The lowest BCUT2D eigenvalue weighted by molar-refractivity contribution is -0.0334. The molecule has 0 radical (unpaired) electrons. The van der Waals surface area contributed by atoms with E-state index in [1.54, 1.807) is 16.9 Å². The Balaban J connectivity index is 0.000000190. The van der Waals surface area contributed by atoms with Crippen molar-refractivity contribution in [1.82, 2.24) is 29.2 Å². The zero-order valence-electron chi connectivity index (χ0n) is 44.6. The minimum atomic E-state index is -0.904. The summed E-state index contributed by atoms with van der Waals surface area (Å²) in [5.74, 6) is 0.954. The van der Waals surface area contributed by atoms with Gasteiger partial charge < -0.3 is 30.2 Å². The number of carbonyl (C=O) groups is 2. The second kappa shape index (κ2) is 27.3. The fraction of sp³-hybridized carbons (Fsp3) is 0.308. The maximum atomic E-state index is 12.9. The number of methoxy groups -OCH3 is 1. The number of fused-ring (bicyclic) bond motifs is 1. The topological polar surface area (TPSA) is 147 Å². The highest BCUT2D eigenvalue weighted by Crippen LogP contribution is 2.36. The molecule has 4 N–H and O–H groups in total. The van der Waals surface area contributed by atoms with E-state index >= 15 is 0 Å². The van der Waals surface area contributed by atoms with E-state index in [1.807, 2.05) is 95.6 Å². The second-order valence-corrected chi connectivity index (χ2v) is 20.6. The molecule has 8 aromatic rings. The van der Waals surface area contributed by atoms with Gasteiger partial charge in [-0.15, -0.1) is 0 Å². The van der Waals surface area contributed by atoms with Crippen LogP contribution in [0.2, 0.25) is 0 Å². The number of nitrogens with one attached hydrogen (secondary N) is 2. The smallest absolute Gasteiger partial charge is 0.408 e. The number of amides is 2. The van der Waals surface area contributed by atoms with Crippen LogP contribution in [-0.4, -0.2) is 96.5 Å². The maximum absolute atomic E-state index is 12.9. The number of ether oxygens (including phenoxy) is 1. The van der Waals surface area contributed by atoms with E-state index in [0.29, 0.717) is 58.5 Å². The van der Waals surface area contributed by atoms with Gasteiger partial charge in [-0.2, -0.15) is 0 Å². The van der Waals surface area contributed by atoms with Crippen molar-refractivity contribution >= 4 is 28.9 Å². The second-order valence-electron chi connectivity index (χ2n) is 20.6. The van der Waals surface area contributed by atoms with Crippen LogP contribution in [0.3, 0.4) is 0 Å². The van der Waals surface area contributed by atoms with Crippen molar-refractivity contribution in [3.63, 3.8) is 0 Å². The maximum Gasteiger partial charge on any atom is 0.408 e. The number of hydrogen-bond acceptors (Lipinski definition) is 7. The fourth-order valence-electron chi connectivity index (χ4n) is 11.8. The monoisotopic (exact) mass is 1050 g/mol. The van der Waals surface area contributed by atoms with Crippen molar-refractivity contribution in [3.05, 3.63) is 238 Å². The summed E-state index contributed by atoms with van der Waals surface area (Å²) in [4.78, 5) is 48.7. The molecule has 2 fully saturated rings. The summed E-state index contributed by atoms with van der Waals surface area (Å²) in [7, 11) is 1.68. The molecular formula is C65H73N7O6. The number of rotatable bonds is 20. The number of likely N-dealkylation sites (tertiary alicyclic amines) is 2. The molecule has 2 aliphatic heterocycles. The van der Waals surface area contributed by atoms with Crippen molar-refractivity contribution in [2.45, 2.75) is 95.4 Å². The van der Waals surface area contributed by atoms with Gasteiger partial charge in [0.05, 0.1) is 24.3 Å². The Morgan fingerprint density at radius 1 is 0.615 bits per heavy atom. The molecule has 0 spiro atoms. The Hall–Kier alpha value is -8.13. The number of para-hydroxylation sites is 4. The van der Waals surface area contributed by atoms with Crippen molar-refractivity contribution < 1.29 is 24.5 Å². The summed E-state index contributed by atoms with van der Waals surface area (Å²) < 4.78 is 7.41. The van der Waals surface area contributed by atoms with Gasteiger partial charge in [-0.3, -0.25) is 19.3 Å². The Kier molecular flexibility index (Phi) is 19.1. The number of benzene rings is 7. The number of piperidine rings is 2. The van der Waals surface area contributed by atoms with Gasteiger partial charge in [0.25, 0.3) is 0 Å². The van der Waals surface area contributed by atoms with Gasteiger partial charge in [-0.1, -0.05) is 170 Å². The average molecular weight is 1050 g/mol. The third-order valence-electron chi connectivity index (χ3n) is 15.5. The number of aryl methyl sites for hydroxylation is 1. The van der Waals surface area contributed by atoms with Crippen LogP contribution in [0.5, 0.6) is 5.75 Å². The molecule has 13 heteroatoms. The van der Waals surface area contributed by atoms with Gasteiger partial charge in [0.1, 0.15) is 5.75 Å². The van der Waals surface area contributed by atoms with Crippen molar-refractivity contribution in [3.8, 4) is 5.75 Å². The normalized spacial score (nSPS) is 18.3. The molecule has 2 amide bonds. The number of aromatic amines is 1. The molecule has 13 nitrogen and oxygen atoms in total. The Labute approximate surface area is 458 Å². The van der Waals surface area contributed by atoms with Crippen LogP contribution >= 0.6 is 0 Å². The minimum Gasteiger partial charge on any atom is -0.496 e. The molecule has 0 aliphatic carbocycles. The van der Waals surface area contributed by atoms with E-state index in [2.05, 4.69) is 129 Å². The molecular weight excluding hydrogens is 975 g/mol. The van der Waals surface area contributed by atoms with Crippen LogP contribution in [0.15, 0.2) is 205 Å². The van der Waals surface area contributed by atoms with Crippen LogP contribution in [0.4, 0.5) is 15.3 Å². The lowest BCUT2D eigenvalue weighted by Crippen LogP contribution is -2.61. The summed E-state index contributed by atoms with van der Waals surface area (Å²) in [6, 6.07) is 67.6. The first kappa shape index (κ1) is 54.7. The van der Waals surface area contributed by atoms with E-state index in [9.17, 15) is 24.6 Å². The molecule has 10 rings (SSSR count). The first-order valence-corrected chi connectivity index (χ1v) is 27.4. The first-order chi connectivity index (χ1) is 38.2. The summed E-state index contributed by atoms with van der Waals surface area (Å²) in [5.41, 5.74) is 8.60. The van der Waals surface area contributed by atoms with E-state index in [1.165, 1.54) is 22.3 Å². The number of H-pyrrole nitrogens is 1. The van der Waals surface area contributed by atoms with Crippen LogP contribution in [0, 0.1) is 5.92 Å². The largest absolute Gasteiger partial charge is 0.496 e. The van der Waals surface area contributed by atoms with Crippen LogP contribution in [-0.2, 0) is 32.6 Å². The van der Waals surface area contributed by atoms with Gasteiger partial charge in [0.15, 0.2) is 0 Å². The number of hydrogen-bond donors (Lipinski definition) is 4. The summed E-state index contributed by atoms with van der Waals surface area (Å²) in [5, 5.41) is 24.2. The Morgan fingerprint density at radius 3 is 1.77 bits per heavy atom. The third-order valence-corrected chi connectivity index (χ3v) is 15.5. The molecule has 2 aliphatic rings. The number of carboxylic acid groups (broad SMARTS) is 2. The lowest BCUT2D eigenvalue weighted by atomic mass is 9.83. The van der Waals surface area contributed by atoms with Gasteiger partial charge in [0, 0.05) is 81.1 Å². The Morgan fingerprint density at radius 2 is 1.15 bits per heavy atom. The number of anilines is 1. The molecule has 4 unspecified atom stereocenters. The van der Waals surface area contributed by atoms with Crippen molar-refractivity contribution in [1.29, 1.82) is 0 Å². The highest BCUT2D eigenvalue weighted by Gasteiger charge is 2.43. The van der Waals surface area contributed by atoms with Gasteiger partial charge in [0.2, 0.25) is 0 Å². The molecule has 404 valence electrons. The predicted octanol–water partition coefficient (Wildman–Crippen LogP) is 12.6. The SMILES string of the molecule is COc1ccccc1CN(CCC1CC(n2c(=O)[nH]c3ccccc32)CCN1C(=O)O)Cc1ccccc1.O=C(O)N1CCC(Nc2ccccc2)C(CCCc2ccccc2)[C@H]1N(Cc1ccccc1)Cc1ccccc1. The molecule has 5 atom stereocenters. The van der Waals surface area contributed by atoms with Gasteiger partial charge in [-0.25, -0.2) is 14.4 Å². The molecule has 7 aromatic carbocycles. The number of nitrogens with zero attached hydrogens (tertiary/aromatic N) is 5. The van der Waals surface area contributed by atoms with Crippen LogP contribution in [0.1, 0.15) is 72.4 Å². The van der Waals surface area contributed by atoms with Gasteiger partial charge >= 0.3 is 17.9 Å². The standard InChI is InChI=1S/C35H39N3O2.C30H34N4O4/c39-35(40)38-25-24-33(36-31-21-11-4-12-22-31)32(23-13-20-28-14-5-1-6-15-28)34(38)37(26-29-16-7-2-8-17-29)27-30-18-9-3-10-19-30;1-38-28-14-8-5-11-23(28)21-32(20-22-9-3-2-4-10-22)17-15-24-19-25(16-18-33(24)30(36)37)34-27-13-7-6-12-26(27)31-29(34)35/h1-12,14-19,21-22,32-34,36H,13,20,23-27H2,(H,39,40);2-14,24-25H,15-21H2,1H3,(H,31,35)(H,36,37)/t32?,33?,34-;/m0./s1. The Bertz CT molecular complexity index is 3120. The van der Waals surface area contributed by atoms with E-state index in [0.717, 1.165) is 60.3 Å². The average Bonchev–Trinajstić information content (AvgIpc) is 3.88. The molecule has 2 saturated heterocycles. The van der Waals surface area contributed by atoms with Crippen molar-refractivity contribution in [2.24, 2.45) is 5.92 Å². The van der Waals surface area contributed by atoms with E-state index in [4.69, 9.17) is 4.74 Å². The van der Waals surface area contributed by atoms with E-state index in [-0.39, 0.29) is 35.9 Å². The molecule has 0 bridgehead atoms. The summed E-state index contributed by atoms with van der Waals surface area (Å²) in [6.45, 7) is 4.39. The highest BCUT2D eigenvalue weighted by molar-refractivity contribution is 5.75. The predicted molar refractivity (Wildman–Crippen MR) is 310 cm³/mol. The number of imidazole rings is 1. The number of aromatic nitrogens is 2. The summed E-state index contributed by atoms with van der Waals surface area (Å²) >= 11 is 0. The first-order valence-electron chi connectivity index (χ1n) is 27.4. The zero-order valence-corrected chi connectivity index (χ0v) is 44.6. The summed E-state index contributed by atoms with van der Waals surface area (Å²) in [6.07, 6.45) is 3.54. The quantitative estimate of drug-likeness (QED) is 0.0586. The van der Waals surface area contributed by atoms with Gasteiger partial charge in [-0.05, 0) is 97.5 Å².